The number of nitrogens with zero attached hydrogens (tertiary/aromatic N) is 7. The highest BCUT2D eigenvalue weighted by Crippen LogP contribution is 2.28. The van der Waals surface area contributed by atoms with Gasteiger partial charge >= 0.3 is 6.18 Å². The molecule has 0 spiro atoms. The van der Waals surface area contributed by atoms with E-state index < -0.39 is 12.7 Å². The quantitative estimate of drug-likeness (QED) is 0.122. The summed E-state index contributed by atoms with van der Waals surface area (Å²) in [6, 6.07) is 5.41. The molecule has 3 rings (SSSR count). The van der Waals surface area contributed by atoms with E-state index in [1.165, 1.54) is 24.0 Å². The minimum absolute atomic E-state index is 0.269. The van der Waals surface area contributed by atoms with Crippen molar-refractivity contribution in [3.8, 4) is 0 Å². The molecular weight excluding hydrogens is 489 g/mol. The van der Waals surface area contributed by atoms with E-state index in [1.54, 1.807) is 6.20 Å². The van der Waals surface area contributed by atoms with Crippen molar-refractivity contribution < 1.29 is 13.2 Å². The molecule has 0 unspecified atom stereocenters. The van der Waals surface area contributed by atoms with Crippen molar-refractivity contribution in [3.63, 3.8) is 0 Å². The maximum atomic E-state index is 12.2. The fraction of sp³-hybridized carbons (Fsp3) is 0.368. The lowest BCUT2D eigenvalue weighted by Crippen LogP contribution is -2.26. The lowest BCUT2D eigenvalue weighted by Gasteiger charge is -2.17. The topological polar surface area (TPSA) is 130 Å². The smallest absolute Gasteiger partial charge is 0.370 e. The number of hydrogen-bond acceptors (Lipinski definition) is 10. The molecule has 15 heteroatoms. The minimum atomic E-state index is -4.42. The van der Waals surface area contributed by atoms with Gasteiger partial charge in [-0.1, -0.05) is 11.8 Å². The molecule has 182 valence electrons. The van der Waals surface area contributed by atoms with Crippen LogP contribution in [0.15, 0.2) is 40.7 Å². The monoisotopic (exact) mass is 512 g/mol. The summed E-state index contributed by atoms with van der Waals surface area (Å²) < 4.78 is 45.4. The molecule has 0 amide bonds. The number of pyridine rings is 1. The number of thioether (sulfide) groups is 1. The summed E-state index contributed by atoms with van der Waals surface area (Å²) in [4.78, 5) is 17.9. The van der Waals surface area contributed by atoms with E-state index in [1.807, 2.05) is 31.0 Å². The van der Waals surface area contributed by atoms with Crippen molar-refractivity contribution >= 4 is 52.6 Å². The maximum Gasteiger partial charge on any atom is 0.408 e. The second-order valence-corrected chi connectivity index (χ2v) is 8.54. The first kappa shape index (κ1) is 25.4. The van der Waals surface area contributed by atoms with Gasteiger partial charge < -0.3 is 21.3 Å². The van der Waals surface area contributed by atoms with Crippen LogP contribution in [0.4, 0.5) is 36.3 Å². The molecule has 4 N–H and O–H groups in total. The number of hydrogen-bond donors (Lipinski definition) is 3. The molecule has 0 aliphatic heterocycles. The fourth-order valence-electron chi connectivity index (χ4n) is 2.56. The molecule has 0 saturated heterocycles. The first-order chi connectivity index (χ1) is 16.2. The molecule has 0 saturated carbocycles. The number of aryl methyl sites for hydroxylation is 1. The van der Waals surface area contributed by atoms with E-state index >= 15 is 0 Å². The van der Waals surface area contributed by atoms with Gasteiger partial charge in [0.05, 0.1) is 23.6 Å². The predicted molar refractivity (Wildman–Crippen MR) is 129 cm³/mol. The number of aliphatic imine (C=N–C) groups is 1. The summed E-state index contributed by atoms with van der Waals surface area (Å²) in [5, 5.41) is 6.29. The van der Waals surface area contributed by atoms with Crippen molar-refractivity contribution in [1.29, 1.82) is 0 Å². The maximum absolute atomic E-state index is 12.2. The molecule has 3 aromatic heterocycles. The van der Waals surface area contributed by atoms with E-state index in [4.69, 9.17) is 5.73 Å². The van der Waals surface area contributed by atoms with Crippen LogP contribution in [0.3, 0.4) is 0 Å². The van der Waals surface area contributed by atoms with Gasteiger partial charge in [0.2, 0.25) is 0 Å². The van der Waals surface area contributed by atoms with Crippen LogP contribution >= 0.6 is 23.5 Å². The molecule has 0 fully saturated rings. The third-order valence-electron chi connectivity index (χ3n) is 4.23. The van der Waals surface area contributed by atoms with E-state index in [0.717, 1.165) is 35.3 Å². The molecule has 10 nitrogen and oxygen atoms in total. The lowest BCUT2D eigenvalue weighted by atomic mass is 10.3. The number of guanidine groups is 1. The summed E-state index contributed by atoms with van der Waals surface area (Å²) in [6.07, 6.45) is -0.354. The van der Waals surface area contributed by atoms with E-state index in [0.29, 0.717) is 23.3 Å². The van der Waals surface area contributed by atoms with Gasteiger partial charge in [0.15, 0.2) is 22.8 Å². The third-order valence-corrected chi connectivity index (χ3v) is 5.70. The van der Waals surface area contributed by atoms with Gasteiger partial charge in [0, 0.05) is 31.2 Å². The van der Waals surface area contributed by atoms with E-state index in [9.17, 15) is 13.2 Å². The number of alkyl halides is 3. The number of anilines is 4. The Kier molecular flexibility index (Phi) is 8.81. The van der Waals surface area contributed by atoms with Gasteiger partial charge in [0.1, 0.15) is 12.4 Å². The van der Waals surface area contributed by atoms with Crippen LogP contribution < -0.4 is 21.3 Å². The first-order valence-corrected chi connectivity index (χ1v) is 11.8. The Balaban J connectivity index is 1.45. The van der Waals surface area contributed by atoms with Crippen molar-refractivity contribution in [2.24, 2.45) is 10.7 Å². The number of rotatable bonds is 10. The van der Waals surface area contributed by atoms with Crippen LogP contribution in [0, 0.1) is 6.92 Å². The van der Waals surface area contributed by atoms with Crippen molar-refractivity contribution in [1.82, 2.24) is 23.7 Å². The van der Waals surface area contributed by atoms with Gasteiger partial charge in [0.25, 0.3) is 0 Å². The zero-order chi connectivity index (χ0) is 24.6. The molecule has 0 bridgehead atoms. The van der Waals surface area contributed by atoms with Crippen LogP contribution in [0.2, 0.25) is 0 Å². The fourth-order valence-corrected chi connectivity index (χ4v) is 3.89. The summed E-state index contributed by atoms with van der Waals surface area (Å²) in [7, 11) is 1.91. The van der Waals surface area contributed by atoms with Gasteiger partial charge in [-0.05, 0) is 31.5 Å². The third kappa shape index (κ3) is 7.98. The molecule has 0 aromatic carbocycles. The number of halogens is 3. The Morgan fingerprint density at radius 3 is 2.79 bits per heavy atom. The molecule has 0 aliphatic rings. The van der Waals surface area contributed by atoms with Gasteiger partial charge in [-0.2, -0.15) is 21.9 Å². The molecule has 3 aromatic rings. The Morgan fingerprint density at radius 1 is 1.24 bits per heavy atom. The van der Waals surface area contributed by atoms with Crippen LogP contribution in [0.25, 0.3) is 0 Å². The molecule has 34 heavy (non-hydrogen) atoms. The average molecular weight is 513 g/mol. The van der Waals surface area contributed by atoms with E-state index in [-0.39, 0.29) is 11.8 Å². The molecule has 3 heterocycles. The second kappa shape index (κ2) is 11.8. The molecular formula is C19H23F3N10S2. The standard InChI is InChI=1S/C19H23F3N10S2/c1-12-4-5-13(10-26-12)32(2)16-15(30-34-31-16)24-7-3-9-33-18-25-8-6-14(29-18)28-17(23)27-11-19(20,21)22/h4-6,8,10H,3,7,9,11H2,1-2H3,(H,24,30)(H3,23,25,27,28,29). The number of nitrogens with two attached hydrogens (primary N) is 1. The Morgan fingerprint density at radius 2 is 2.06 bits per heavy atom. The minimum Gasteiger partial charge on any atom is -0.370 e. The lowest BCUT2D eigenvalue weighted by molar-refractivity contribution is -0.118. The SMILES string of the molecule is Cc1ccc(N(C)c2nsnc2NCCCSc2nccc(NC(N)=NCC(F)(F)F)n2)cn1. The van der Waals surface area contributed by atoms with Gasteiger partial charge in [-0.3, -0.25) is 4.98 Å². The Labute approximate surface area is 202 Å². The zero-order valence-corrected chi connectivity index (χ0v) is 20.0. The highest BCUT2D eigenvalue weighted by molar-refractivity contribution is 7.99. The highest BCUT2D eigenvalue weighted by atomic mass is 32.2. The summed E-state index contributed by atoms with van der Waals surface area (Å²) >= 11 is 2.54. The van der Waals surface area contributed by atoms with Crippen molar-refractivity contribution in [2.45, 2.75) is 24.7 Å². The number of nitrogens with one attached hydrogen (secondary N) is 2. The second-order valence-electron chi connectivity index (χ2n) is 6.95. The number of aromatic nitrogens is 5. The Bertz CT molecular complexity index is 1090. The van der Waals surface area contributed by atoms with Crippen LogP contribution in [0.5, 0.6) is 0 Å². The normalized spacial score (nSPS) is 12.0. The van der Waals surface area contributed by atoms with Crippen LogP contribution in [-0.2, 0) is 0 Å². The molecule has 0 atom stereocenters. The molecule has 0 radical (unpaired) electrons. The Hall–Kier alpha value is -3.20. The van der Waals surface area contributed by atoms with E-state index in [2.05, 4.69) is 39.3 Å². The van der Waals surface area contributed by atoms with Crippen molar-refractivity contribution in [3.05, 3.63) is 36.3 Å². The van der Waals surface area contributed by atoms with Gasteiger partial charge in [-0.15, -0.1) is 0 Å². The molecule has 0 aliphatic carbocycles. The van der Waals surface area contributed by atoms with Crippen LogP contribution in [0.1, 0.15) is 12.1 Å². The average Bonchev–Trinajstić information content (AvgIpc) is 3.26. The summed E-state index contributed by atoms with van der Waals surface area (Å²) in [5.41, 5.74) is 7.32. The van der Waals surface area contributed by atoms with Gasteiger partial charge in [-0.25, -0.2) is 15.0 Å². The van der Waals surface area contributed by atoms with Crippen molar-refractivity contribution in [2.75, 3.05) is 41.4 Å². The summed E-state index contributed by atoms with van der Waals surface area (Å²) in [5.74, 6) is 2.02. The predicted octanol–water partition coefficient (Wildman–Crippen LogP) is 3.68. The van der Waals surface area contributed by atoms with Crippen LogP contribution in [-0.4, -0.2) is 61.7 Å². The summed E-state index contributed by atoms with van der Waals surface area (Å²) in [6.45, 7) is 1.22. The first-order valence-electron chi connectivity index (χ1n) is 10.0. The zero-order valence-electron chi connectivity index (χ0n) is 18.4. The highest BCUT2D eigenvalue weighted by Gasteiger charge is 2.26. The largest absolute Gasteiger partial charge is 0.408 e.